The second-order valence-corrected chi connectivity index (χ2v) is 6.35. The molecular formula is C19H21FN2O5. The maximum Gasteiger partial charge on any atom is 0.331 e. The fraction of sp³-hybridized carbons (Fsp3) is 0.421. The van der Waals surface area contributed by atoms with Crippen molar-refractivity contribution in [3.8, 4) is 0 Å². The Labute approximate surface area is 155 Å². The number of benzene rings is 1. The Morgan fingerprint density at radius 3 is 2.78 bits per heavy atom. The largest absolute Gasteiger partial charge is 0.466 e. The van der Waals surface area contributed by atoms with Crippen molar-refractivity contribution < 1.29 is 28.0 Å². The number of fused-ring (bicyclic) bond motifs is 1. The van der Waals surface area contributed by atoms with Gasteiger partial charge in [-0.3, -0.25) is 4.90 Å². The molecule has 2 aromatic rings. The van der Waals surface area contributed by atoms with Crippen LogP contribution in [0.3, 0.4) is 0 Å². The van der Waals surface area contributed by atoms with Crippen molar-refractivity contribution in [3.05, 3.63) is 41.9 Å². The molecule has 27 heavy (non-hydrogen) atoms. The van der Waals surface area contributed by atoms with E-state index in [0.29, 0.717) is 12.1 Å². The van der Waals surface area contributed by atoms with Crippen LogP contribution < -0.4 is 0 Å². The number of ether oxygens (including phenoxy) is 2. The molecule has 1 aliphatic heterocycles. The minimum Gasteiger partial charge on any atom is -0.466 e. The molecule has 2 heterocycles. The molecule has 7 nitrogen and oxygen atoms in total. The molecule has 1 aliphatic rings. The average molecular weight is 376 g/mol. The molecule has 1 aromatic carbocycles. The van der Waals surface area contributed by atoms with Crippen LogP contribution in [0, 0.1) is 5.82 Å². The summed E-state index contributed by atoms with van der Waals surface area (Å²) >= 11 is 0. The van der Waals surface area contributed by atoms with Crippen molar-refractivity contribution in [2.24, 2.45) is 0 Å². The van der Waals surface area contributed by atoms with Gasteiger partial charge >= 0.3 is 11.9 Å². The minimum atomic E-state index is -0.600. The van der Waals surface area contributed by atoms with Gasteiger partial charge in [0.15, 0.2) is 5.58 Å². The summed E-state index contributed by atoms with van der Waals surface area (Å²) in [5.41, 5.74) is 1.35. The van der Waals surface area contributed by atoms with Gasteiger partial charge in [-0.05, 0) is 38.1 Å². The lowest BCUT2D eigenvalue weighted by atomic mass is 9.91. The molecule has 0 N–H and O–H groups in total. The zero-order valence-corrected chi connectivity index (χ0v) is 15.0. The number of piperidine rings is 1. The first kappa shape index (κ1) is 19.0. The Bertz CT molecular complexity index is 840. The SMILES string of the molecule is COC(=O)/C=C/C(=O)OCCN1CCC(c2noc3cc(F)ccc23)CC1. The van der Waals surface area contributed by atoms with Crippen LogP contribution in [0.25, 0.3) is 11.0 Å². The highest BCUT2D eigenvalue weighted by Gasteiger charge is 2.25. The van der Waals surface area contributed by atoms with E-state index in [-0.39, 0.29) is 18.3 Å². The van der Waals surface area contributed by atoms with Gasteiger partial charge in [-0.25, -0.2) is 14.0 Å². The number of esters is 2. The molecule has 144 valence electrons. The second kappa shape index (κ2) is 8.77. The van der Waals surface area contributed by atoms with Gasteiger partial charge in [-0.1, -0.05) is 5.16 Å². The van der Waals surface area contributed by atoms with Crippen molar-refractivity contribution in [1.82, 2.24) is 10.1 Å². The fourth-order valence-corrected chi connectivity index (χ4v) is 3.18. The molecule has 0 bridgehead atoms. The lowest BCUT2D eigenvalue weighted by molar-refractivity contribution is -0.139. The second-order valence-electron chi connectivity index (χ2n) is 6.35. The van der Waals surface area contributed by atoms with Crippen molar-refractivity contribution in [1.29, 1.82) is 0 Å². The molecule has 1 aromatic heterocycles. The molecule has 0 amide bonds. The molecule has 0 aliphatic carbocycles. The van der Waals surface area contributed by atoms with Gasteiger partial charge in [0.05, 0.1) is 12.8 Å². The first-order valence-electron chi connectivity index (χ1n) is 8.77. The Morgan fingerprint density at radius 1 is 1.30 bits per heavy atom. The summed E-state index contributed by atoms with van der Waals surface area (Å²) in [6.45, 7) is 2.56. The van der Waals surface area contributed by atoms with Gasteiger partial charge in [0.1, 0.15) is 12.4 Å². The number of rotatable bonds is 6. The van der Waals surface area contributed by atoms with Gasteiger partial charge in [0.25, 0.3) is 0 Å². The van der Waals surface area contributed by atoms with Crippen LogP contribution in [-0.2, 0) is 19.1 Å². The molecule has 3 rings (SSSR count). The molecule has 0 atom stereocenters. The van der Waals surface area contributed by atoms with E-state index in [4.69, 9.17) is 9.26 Å². The monoisotopic (exact) mass is 376 g/mol. The van der Waals surface area contributed by atoms with Gasteiger partial charge in [-0.15, -0.1) is 0 Å². The Morgan fingerprint density at radius 2 is 2.04 bits per heavy atom. The average Bonchev–Trinajstić information content (AvgIpc) is 3.09. The van der Waals surface area contributed by atoms with E-state index in [2.05, 4.69) is 14.8 Å². The van der Waals surface area contributed by atoms with Crippen molar-refractivity contribution in [2.45, 2.75) is 18.8 Å². The molecule has 0 radical (unpaired) electrons. The maximum absolute atomic E-state index is 13.3. The van der Waals surface area contributed by atoms with Crippen LogP contribution in [-0.4, -0.2) is 55.3 Å². The van der Waals surface area contributed by atoms with Crippen molar-refractivity contribution in [3.63, 3.8) is 0 Å². The number of halogens is 1. The minimum absolute atomic E-state index is 0.251. The van der Waals surface area contributed by atoms with E-state index < -0.39 is 11.9 Å². The van der Waals surface area contributed by atoms with Crippen molar-refractivity contribution >= 4 is 22.9 Å². The zero-order chi connectivity index (χ0) is 19.2. The van der Waals surface area contributed by atoms with Gasteiger partial charge in [0, 0.05) is 36.1 Å². The van der Waals surface area contributed by atoms with Crippen LogP contribution >= 0.6 is 0 Å². The summed E-state index contributed by atoms with van der Waals surface area (Å²) in [6.07, 6.45) is 3.88. The standard InChI is InChI=1S/C19H21FN2O5/c1-25-17(23)4-5-18(24)26-11-10-22-8-6-13(7-9-22)19-15-3-2-14(20)12-16(15)27-21-19/h2-5,12-13H,6-11H2,1H3/b5-4+. The topological polar surface area (TPSA) is 81.9 Å². The summed E-state index contributed by atoms with van der Waals surface area (Å²) in [7, 11) is 1.24. The lowest BCUT2D eigenvalue weighted by Crippen LogP contribution is -2.35. The van der Waals surface area contributed by atoms with Crippen LogP contribution in [0.15, 0.2) is 34.9 Å². The van der Waals surface area contributed by atoms with E-state index in [9.17, 15) is 14.0 Å². The summed E-state index contributed by atoms with van der Waals surface area (Å²) in [4.78, 5) is 24.6. The zero-order valence-electron chi connectivity index (χ0n) is 15.0. The summed E-state index contributed by atoms with van der Waals surface area (Å²) in [5.74, 6) is -1.25. The Balaban J connectivity index is 1.44. The van der Waals surface area contributed by atoms with Gasteiger partial charge < -0.3 is 14.0 Å². The number of methoxy groups -OCH3 is 1. The number of carbonyl (C=O) groups is 2. The molecule has 0 spiro atoms. The number of likely N-dealkylation sites (tertiary alicyclic amines) is 1. The third-order valence-electron chi connectivity index (χ3n) is 4.64. The van der Waals surface area contributed by atoms with Crippen LogP contribution in [0.4, 0.5) is 4.39 Å². The molecule has 1 saturated heterocycles. The predicted octanol–water partition coefficient (Wildman–Crippen LogP) is 2.42. The van der Waals surface area contributed by atoms with Crippen LogP contribution in [0.1, 0.15) is 24.5 Å². The van der Waals surface area contributed by atoms with Crippen LogP contribution in [0.5, 0.6) is 0 Å². The van der Waals surface area contributed by atoms with E-state index in [0.717, 1.165) is 49.2 Å². The molecule has 1 fully saturated rings. The molecule has 8 heteroatoms. The summed E-state index contributed by atoms with van der Waals surface area (Å²) < 4.78 is 28.0. The summed E-state index contributed by atoms with van der Waals surface area (Å²) in [5, 5.41) is 5.00. The lowest BCUT2D eigenvalue weighted by Gasteiger charge is -2.30. The Hall–Kier alpha value is -2.74. The first-order valence-corrected chi connectivity index (χ1v) is 8.77. The molecular weight excluding hydrogens is 355 g/mol. The van der Waals surface area contributed by atoms with E-state index in [1.165, 1.54) is 19.2 Å². The predicted molar refractivity (Wildman–Crippen MR) is 94.5 cm³/mol. The highest BCUT2D eigenvalue weighted by atomic mass is 19.1. The Kier molecular flexibility index (Phi) is 6.18. The summed E-state index contributed by atoms with van der Waals surface area (Å²) in [6, 6.07) is 4.48. The highest BCUT2D eigenvalue weighted by Crippen LogP contribution is 2.32. The number of hydrogen-bond acceptors (Lipinski definition) is 7. The van der Waals surface area contributed by atoms with Gasteiger partial charge in [-0.2, -0.15) is 0 Å². The highest BCUT2D eigenvalue weighted by molar-refractivity contribution is 5.91. The third kappa shape index (κ3) is 4.91. The fourth-order valence-electron chi connectivity index (χ4n) is 3.18. The number of aromatic nitrogens is 1. The molecule has 0 unspecified atom stereocenters. The first-order chi connectivity index (χ1) is 13.1. The van der Waals surface area contributed by atoms with E-state index in [1.807, 2.05) is 0 Å². The van der Waals surface area contributed by atoms with Crippen LogP contribution in [0.2, 0.25) is 0 Å². The smallest absolute Gasteiger partial charge is 0.331 e. The van der Waals surface area contributed by atoms with E-state index in [1.54, 1.807) is 6.07 Å². The van der Waals surface area contributed by atoms with Crippen molar-refractivity contribution in [2.75, 3.05) is 33.4 Å². The number of carbonyl (C=O) groups excluding carboxylic acids is 2. The maximum atomic E-state index is 13.3. The number of nitrogens with zero attached hydrogens (tertiary/aromatic N) is 2. The quantitative estimate of drug-likeness (QED) is 0.566. The third-order valence-corrected chi connectivity index (χ3v) is 4.64. The number of hydrogen-bond donors (Lipinski definition) is 0. The van der Waals surface area contributed by atoms with Gasteiger partial charge in [0.2, 0.25) is 0 Å². The molecule has 0 saturated carbocycles. The normalized spacial score (nSPS) is 16.1. The van der Waals surface area contributed by atoms with E-state index >= 15 is 0 Å².